The minimum Gasteiger partial charge on any atom is -0.486 e. The van der Waals surface area contributed by atoms with Gasteiger partial charge in [-0.15, -0.1) is 0 Å². The van der Waals surface area contributed by atoms with Gasteiger partial charge in [-0.25, -0.2) is 14.4 Å². The molecule has 4 rings (SSSR count). The number of nitrogens with two attached hydrogens (primary N) is 1. The summed E-state index contributed by atoms with van der Waals surface area (Å²) in [4.78, 5) is 10.4. The zero-order valence-corrected chi connectivity index (χ0v) is 15.7. The van der Waals surface area contributed by atoms with Crippen LogP contribution in [0.1, 0.15) is 43.0 Å². The Morgan fingerprint density at radius 2 is 1.93 bits per heavy atom. The van der Waals surface area contributed by atoms with Crippen molar-refractivity contribution >= 4 is 0 Å². The molecule has 0 radical (unpaired) electrons. The van der Waals surface area contributed by atoms with E-state index >= 15 is 0 Å². The van der Waals surface area contributed by atoms with E-state index < -0.39 is 0 Å². The molecule has 6 nitrogen and oxygen atoms in total. The van der Waals surface area contributed by atoms with E-state index in [0.29, 0.717) is 11.7 Å². The van der Waals surface area contributed by atoms with Crippen LogP contribution in [0.4, 0.5) is 4.39 Å². The van der Waals surface area contributed by atoms with Crippen molar-refractivity contribution in [3.8, 4) is 11.8 Å². The molecule has 146 valence electrons. The molecule has 2 fully saturated rings. The Balaban J connectivity index is 1.54. The normalized spacial score (nSPS) is 28.0. The van der Waals surface area contributed by atoms with E-state index in [1.165, 1.54) is 12.1 Å². The van der Waals surface area contributed by atoms with Gasteiger partial charge in [-0.05, 0) is 55.8 Å². The molecule has 0 bridgehead atoms. The van der Waals surface area contributed by atoms with E-state index in [9.17, 15) is 4.39 Å². The van der Waals surface area contributed by atoms with Crippen molar-refractivity contribution in [2.24, 2.45) is 5.73 Å². The first-order valence-corrected chi connectivity index (χ1v) is 9.76. The predicted octanol–water partition coefficient (Wildman–Crippen LogP) is 2.60. The minimum atomic E-state index is -0.220. The number of piperidine rings is 1. The number of nitriles is 1. The lowest BCUT2D eigenvalue weighted by molar-refractivity contribution is 0.0677. The maximum Gasteiger partial charge on any atom is 0.232 e. The Morgan fingerprint density at radius 1 is 1.18 bits per heavy atom. The number of rotatable bonds is 4. The number of hydrogen-bond donors (Lipinski definition) is 1. The molecular weight excluding hydrogens is 357 g/mol. The minimum absolute atomic E-state index is 0.0307. The molecule has 2 aromatic rings. The first-order chi connectivity index (χ1) is 13.6. The number of ether oxygens (including phenoxy) is 1. The lowest BCUT2D eigenvalue weighted by Gasteiger charge is -2.37. The molecule has 1 aromatic carbocycles. The molecule has 2 N–H and O–H groups in total. The first kappa shape index (κ1) is 18.8. The van der Waals surface area contributed by atoms with Gasteiger partial charge in [0, 0.05) is 18.6 Å². The standard InChI is InChI=1S/C21H24FN5O/c22-16-5-3-14(4-6-16)15-8-19(27-7-1-2-17(24)13-27)20(9-15)28-18-11-25-21(10-23)26-12-18/h3-6,11-12,15,17,19-20H,1-2,7-9,13,24H2. The third kappa shape index (κ3) is 4.13. The van der Waals surface area contributed by atoms with Crippen LogP contribution in [0.15, 0.2) is 36.7 Å². The lowest BCUT2D eigenvalue weighted by atomic mass is 9.97. The Bertz CT molecular complexity index is 835. The van der Waals surface area contributed by atoms with Crippen LogP contribution in [0.2, 0.25) is 0 Å². The molecule has 0 spiro atoms. The van der Waals surface area contributed by atoms with E-state index in [1.807, 2.05) is 18.2 Å². The van der Waals surface area contributed by atoms with Crippen LogP contribution in [0.3, 0.4) is 0 Å². The van der Waals surface area contributed by atoms with Crippen LogP contribution in [-0.2, 0) is 0 Å². The second-order valence-electron chi connectivity index (χ2n) is 7.69. The number of aromatic nitrogens is 2. The number of hydrogen-bond acceptors (Lipinski definition) is 6. The fourth-order valence-corrected chi connectivity index (χ4v) is 4.45. The summed E-state index contributed by atoms with van der Waals surface area (Å²) in [5.41, 5.74) is 7.34. The first-order valence-electron chi connectivity index (χ1n) is 9.76. The highest BCUT2D eigenvalue weighted by atomic mass is 19.1. The van der Waals surface area contributed by atoms with Gasteiger partial charge in [-0.3, -0.25) is 4.90 Å². The second kappa shape index (κ2) is 8.21. The van der Waals surface area contributed by atoms with Crippen LogP contribution < -0.4 is 10.5 Å². The number of halogens is 1. The maximum atomic E-state index is 13.3. The van der Waals surface area contributed by atoms with Crippen LogP contribution in [0, 0.1) is 17.1 Å². The van der Waals surface area contributed by atoms with Crippen LogP contribution >= 0.6 is 0 Å². The van der Waals surface area contributed by atoms with Crippen LogP contribution in [0.25, 0.3) is 0 Å². The van der Waals surface area contributed by atoms with E-state index in [1.54, 1.807) is 12.4 Å². The Hall–Kier alpha value is -2.56. The third-order valence-corrected chi connectivity index (χ3v) is 5.79. The summed E-state index contributed by atoms with van der Waals surface area (Å²) in [6.45, 7) is 1.88. The van der Waals surface area contributed by atoms with Crippen molar-refractivity contribution in [1.82, 2.24) is 14.9 Å². The van der Waals surface area contributed by atoms with Gasteiger partial charge in [0.15, 0.2) is 5.75 Å². The molecule has 2 aliphatic rings. The average Bonchev–Trinajstić information content (AvgIpc) is 3.13. The van der Waals surface area contributed by atoms with E-state index in [2.05, 4.69) is 14.9 Å². The van der Waals surface area contributed by atoms with Crippen molar-refractivity contribution in [2.45, 2.75) is 49.8 Å². The maximum absolute atomic E-state index is 13.3. The monoisotopic (exact) mass is 381 g/mol. The average molecular weight is 381 g/mol. The number of benzene rings is 1. The van der Waals surface area contributed by atoms with E-state index in [0.717, 1.165) is 44.3 Å². The molecule has 1 saturated carbocycles. The predicted molar refractivity (Wildman–Crippen MR) is 102 cm³/mol. The molecule has 4 atom stereocenters. The third-order valence-electron chi connectivity index (χ3n) is 5.79. The summed E-state index contributed by atoms with van der Waals surface area (Å²) in [6.07, 6.45) is 7.00. The Labute approximate surface area is 164 Å². The van der Waals surface area contributed by atoms with Gasteiger partial charge in [0.2, 0.25) is 5.82 Å². The molecule has 0 amide bonds. The van der Waals surface area contributed by atoms with Crippen LogP contribution in [0.5, 0.6) is 5.75 Å². The molecular formula is C21H24FN5O. The largest absolute Gasteiger partial charge is 0.486 e. The SMILES string of the molecule is N#Cc1ncc(OC2CC(c3ccc(F)cc3)CC2N2CCCC(N)C2)cn1. The van der Waals surface area contributed by atoms with E-state index in [-0.39, 0.29) is 29.8 Å². The highest BCUT2D eigenvalue weighted by molar-refractivity contribution is 5.24. The summed E-state index contributed by atoms with van der Waals surface area (Å²) in [5.74, 6) is 0.771. The highest BCUT2D eigenvalue weighted by Crippen LogP contribution is 2.39. The topological polar surface area (TPSA) is 88.1 Å². The zero-order chi connectivity index (χ0) is 19.5. The molecule has 1 aliphatic carbocycles. The van der Waals surface area contributed by atoms with Crippen molar-refractivity contribution in [2.75, 3.05) is 13.1 Å². The van der Waals surface area contributed by atoms with Crippen molar-refractivity contribution in [3.63, 3.8) is 0 Å². The quantitative estimate of drug-likeness (QED) is 0.876. The van der Waals surface area contributed by atoms with Gasteiger partial charge in [0.25, 0.3) is 0 Å². The fourth-order valence-electron chi connectivity index (χ4n) is 4.45. The Morgan fingerprint density at radius 3 is 2.61 bits per heavy atom. The van der Waals surface area contributed by atoms with Gasteiger partial charge < -0.3 is 10.5 Å². The number of likely N-dealkylation sites (tertiary alicyclic amines) is 1. The highest BCUT2D eigenvalue weighted by Gasteiger charge is 2.41. The lowest BCUT2D eigenvalue weighted by Crippen LogP contribution is -2.51. The van der Waals surface area contributed by atoms with Crippen LogP contribution in [-0.4, -0.2) is 46.1 Å². The summed E-state index contributed by atoms with van der Waals surface area (Å²) < 4.78 is 19.6. The summed E-state index contributed by atoms with van der Waals surface area (Å²) in [6, 6.07) is 9.11. The van der Waals surface area contributed by atoms with Crippen molar-refractivity contribution < 1.29 is 9.13 Å². The molecule has 2 heterocycles. The zero-order valence-electron chi connectivity index (χ0n) is 15.7. The molecule has 4 unspecified atom stereocenters. The van der Waals surface area contributed by atoms with Gasteiger partial charge in [0.05, 0.1) is 12.4 Å². The molecule has 1 saturated heterocycles. The van der Waals surface area contributed by atoms with Gasteiger partial charge in [0.1, 0.15) is 18.0 Å². The summed E-state index contributed by atoms with van der Waals surface area (Å²) >= 11 is 0. The second-order valence-corrected chi connectivity index (χ2v) is 7.69. The summed E-state index contributed by atoms with van der Waals surface area (Å²) in [7, 11) is 0. The molecule has 7 heteroatoms. The fraction of sp³-hybridized carbons (Fsp3) is 0.476. The Kier molecular flexibility index (Phi) is 5.51. The summed E-state index contributed by atoms with van der Waals surface area (Å²) in [5, 5.41) is 8.87. The molecule has 28 heavy (non-hydrogen) atoms. The number of nitrogens with zero attached hydrogens (tertiary/aromatic N) is 4. The van der Waals surface area contributed by atoms with E-state index in [4.69, 9.17) is 15.7 Å². The van der Waals surface area contributed by atoms with Crippen molar-refractivity contribution in [1.29, 1.82) is 5.26 Å². The molecule has 1 aliphatic heterocycles. The van der Waals surface area contributed by atoms with Gasteiger partial charge in [-0.2, -0.15) is 5.26 Å². The molecule has 1 aromatic heterocycles. The smallest absolute Gasteiger partial charge is 0.232 e. The van der Waals surface area contributed by atoms with Gasteiger partial charge in [-0.1, -0.05) is 12.1 Å². The van der Waals surface area contributed by atoms with Crippen molar-refractivity contribution in [3.05, 3.63) is 53.9 Å². The van der Waals surface area contributed by atoms with Gasteiger partial charge >= 0.3 is 0 Å².